The van der Waals surface area contributed by atoms with E-state index in [-0.39, 0.29) is 10.8 Å². The van der Waals surface area contributed by atoms with Gasteiger partial charge in [0.2, 0.25) is 0 Å². The van der Waals surface area contributed by atoms with Gasteiger partial charge in [-0.15, -0.1) is 0 Å². The summed E-state index contributed by atoms with van der Waals surface area (Å²) in [6.45, 7) is 2.09. The normalized spacial score (nSPS) is 14.3. The lowest BCUT2D eigenvalue weighted by Crippen LogP contribution is -2.21. The molecule has 0 spiro atoms. The first-order valence-electron chi connectivity index (χ1n) is 8.56. The lowest BCUT2D eigenvalue weighted by atomic mass is 10.2. The predicted octanol–water partition coefficient (Wildman–Crippen LogP) is 2.79. The van der Waals surface area contributed by atoms with E-state index in [0.29, 0.717) is 11.3 Å². The average Bonchev–Trinajstić information content (AvgIpc) is 3.16. The first kappa shape index (κ1) is 18.3. The van der Waals surface area contributed by atoms with Crippen molar-refractivity contribution in [1.82, 2.24) is 4.90 Å². The van der Waals surface area contributed by atoms with Crippen molar-refractivity contribution >= 4 is 27.3 Å². The van der Waals surface area contributed by atoms with Crippen molar-refractivity contribution in [3.8, 4) is 0 Å². The van der Waals surface area contributed by atoms with E-state index >= 15 is 0 Å². The highest BCUT2D eigenvalue weighted by atomic mass is 32.2. The van der Waals surface area contributed by atoms with Gasteiger partial charge in [0, 0.05) is 44.1 Å². The highest BCUT2D eigenvalue weighted by molar-refractivity contribution is 7.92. The molecule has 0 bridgehead atoms. The number of hydrogen-bond acceptors (Lipinski definition) is 4. The Balaban J connectivity index is 1.73. The van der Waals surface area contributed by atoms with Gasteiger partial charge in [0.05, 0.1) is 4.90 Å². The van der Waals surface area contributed by atoms with Crippen LogP contribution in [-0.2, 0) is 10.0 Å². The fourth-order valence-corrected chi connectivity index (χ4v) is 4.02. The standard InChI is InChI=1S/C19H23N3O3S/c1-21(2)19(23)15-5-11-18(12-6-15)26(24,25)20-16-7-9-17(10-8-16)22-13-3-4-14-22/h5-12,20H,3-4,13-14H2,1-2H3. The van der Waals surface area contributed by atoms with E-state index in [9.17, 15) is 13.2 Å². The Morgan fingerprint density at radius 2 is 1.54 bits per heavy atom. The minimum absolute atomic E-state index is 0.122. The molecule has 1 N–H and O–H groups in total. The number of nitrogens with zero attached hydrogens (tertiary/aromatic N) is 2. The first-order chi connectivity index (χ1) is 12.4. The Labute approximate surface area is 154 Å². The molecule has 1 aliphatic heterocycles. The van der Waals surface area contributed by atoms with Gasteiger partial charge >= 0.3 is 0 Å². The zero-order chi connectivity index (χ0) is 18.7. The molecule has 0 aromatic heterocycles. The second kappa shape index (κ2) is 7.37. The van der Waals surface area contributed by atoms with Gasteiger partial charge in [0.15, 0.2) is 0 Å². The highest BCUT2D eigenvalue weighted by Gasteiger charge is 2.17. The van der Waals surface area contributed by atoms with E-state index < -0.39 is 10.0 Å². The second-order valence-electron chi connectivity index (χ2n) is 6.57. The molecular formula is C19H23N3O3S. The van der Waals surface area contributed by atoms with E-state index in [1.807, 2.05) is 12.1 Å². The SMILES string of the molecule is CN(C)C(=O)c1ccc(S(=O)(=O)Nc2ccc(N3CCCC3)cc2)cc1. The molecule has 0 atom stereocenters. The van der Waals surface area contributed by atoms with Crippen molar-refractivity contribution in [3.63, 3.8) is 0 Å². The summed E-state index contributed by atoms with van der Waals surface area (Å²) in [5.74, 6) is -0.167. The fraction of sp³-hybridized carbons (Fsp3) is 0.316. The first-order valence-corrected chi connectivity index (χ1v) is 10.0. The van der Waals surface area contributed by atoms with E-state index in [2.05, 4.69) is 9.62 Å². The molecule has 1 amide bonds. The average molecular weight is 373 g/mol. The van der Waals surface area contributed by atoms with Crippen LogP contribution in [0.5, 0.6) is 0 Å². The van der Waals surface area contributed by atoms with Crippen LogP contribution in [0.15, 0.2) is 53.4 Å². The number of benzene rings is 2. The molecule has 1 fully saturated rings. The van der Waals surface area contributed by atoms with Gasteiger partial charge in [-0.05, 0) is 61.4 Å². The number of rotatable bonds is 5. The molecule has 2 aromatic rings. The molecule has 7 heteroatoms. The summed E-state index contributed by atoms with van der Waals surface area (Å²) in [7, 11) is -0.390. The molecule has 0 unspecified atom stereocenters. The van der Waals surface area contributed by atoms with Crippen molar-refractivity contribution in [2.24, 2.45) is 0 Å². The summed E-state index contributed by atoms with van der Waals surface area (Å²) in [5.41, 5.74) is 2.07. The highest BCUT2D eigenvalue weighted by Crippen LogP contribution is 2.23. The third kappa shape index (κ3) is 3.99. The van der Waals surface area contributed by atoms with Gasteiger partial charge < -0.3 is 9.80 Å². The summed E-state index contributed by atoms with van der Waals surface area (Å²) in [5, 5.41) is 0. The van der Waals surface area contributed by atoms with Crippen LogP contribution in [0.25, 0.3) is 0 Å². The van der Waals surface area contributed by atoms with Gasteiger partial charge in [-0.3, -0.25) is 9.52 Å². The number of hydrogen-bond donors (Lipinski definition) is 1. The molecule has 2 aromatic carbocycles. The Morgan fingerprint density at radius 1 is 0.962 bits per heavy atom. The quantitative estimate of drug-likeness (QED) is 0.875. The molecular weight excluding hydrogens is 350 g/mol. The molecule has 1 aliphatic rings. The largest absolute Gasteiger partial charge is 0.372 e. The van der Waals surface area contributed by atoms with Gasteiger partial charge in [0.1, 0.15) is 0 Å². The van der Waals surface area contributed by atoms with Crippen LogP contribution in [0, 0.1) is 0 Å². The molecule has 138 valence electrons. The fourth-order valence-electron chi connectivity index (χ4n) is 2.96. The van der Waals surface area contributed by atoms with E-state index in [1.54, 1.807) is 26.2 Å². The molecule has 1 saturated heterocycles. The monoisotopic (exact) mass is 373 g/mol. The zero-order valence-corrected chi connectivity index (χ0v) is 15.8. The van der Waals surface area contributed by atoms with Gasteiger partial charge in [-0.25, -0.2) is 8.42 Å². The van der Waals surface area contributed by atoms with Crippen molar-refractivity contribution in [1.29, 1.82) is 0 Å². The second-order valence-corrected chi connectivity index (χ2v) is 8.25. The lowest BCUT2D eigenvalue weighted by Gasteiger charge is -2.18. The van der Waals surface area contributed by atoms with Crippen LogP contribution >= 0.6 is 0 Å². The minimum atomic E-state index is -3.70. The van der Waals surface area contributed by atoms with Crippen LogP contribution in [0.4, 0.5) is 11.4 Å². The maximum Gasteiger partial charge on any atom is 0.261 e. The zero-order valence-electron chi connectivity index (χ0n) is 15.0. The Bertz CT molecular complexity index is 869. The predicted molar refractivity (Wildman–Crippen MR) is 103 cm³/mol. The number of carbonyl (C=O) groups excluding carboxylic acids is 1. The molecule has 3 rings (SSSR count). The van der Waals surface area contributed by atoms with Crippen molar-refractivity contribution in [2.75, 3.05) is 36.8 Å². The van der Waals surface area contributed by atoms with E-state index in [4.69, 9.17) is 0 Å². The number of sulfonamides is 1. The van der Waals surface area contributed by atoms with Gasteiger partial charge in [-0.2, -0.15) is 0 Å². The molecule has 0 radical (unpaired) electrons. The van der Waals surface area contributed by atoms with E-state index in [1.165, 1.54) is 42.0 Å². The van der Waals surface area contributed by atoms with Crippen molar-refractivity contribution < 1.29 is 13.2 Å². The van der Waals surface area contributed by atoms with E-state index in [0.717, 1.165) is 18.8 Å². The lowest BCUT2D eigenvalue weighted by molar-refractivity contribution is 0.0827. The minimum Gasteiger partial charge on any atom is -0.372 e. The van der Waals surface area contributed by atoms with Gasteiger partial charge in [-0.1, -0.05) is 0 Å². The molecule has 1 heterocycles. The van der Waals surface area contributed by atoms with Crippen LogP contribution in [0.3, 0.4) is 0 Å². The summed E-state index contributed by atoms with van der Waals surface area (Å²) in [6, 6.07) is 13.3. The Morgan fingerprint density at radius 3 is 2.08 bits per heavy atom. The number of amides is 1. The number of anilines is 2. The van der Waals surface area contributed by atoms with Crippen LogP contribution in [-0.4, -0.2) is 46.4 Å². The molecule has 0 saturated carbocycles. The number of nitrogens with one attached hydrogen (secondary N) is 1. The van der Waals surface area contributed by atoms with Crippen LogP contribution in [0.1, 0.15) is 23.2 Å². The Hall–Kier alpha value is -2.54. The third-order valence-electron chi connectivity index (χ3n) is 4.41. The maximum absolute atomic E-state index is 12.5. The third-order valence-corrected chi connectivity index (χ3v) is 5.81. The summed E-state index contributed by atoms with van der Waals surface area (Å²) < 4.78 is 27.7. The molecule has 6 nitrogen and oxygen atoms in total. The topological polar surface area (TPSA) is 69.7 Å². The van der Waals surface area contributed by atoms with Crippen molar-refractivity contribution in [2.45, 2.75) is 17.7 Å². The number of carbonyl (C=O) groups is 1. The van der Waals surface area contributed by atoms with Crippen LogP contribution in [0.2, 0.25) is 0 Å². The van der Waals surface area contributed by atoms with Gasteiger partial charge in [0.25, 0.3) is 15.9 Å². The smallest absolute Gasteiger partial charge is 0.261 e. The molecule has 26 heavy (non-hydrogen) atoms. The Kier molecular flexibility index (Phi) is 5.18. The molecule has 0 aliphatic carbocycles. The summed E-state index contributed by atoms with van der Waals surface area (Å²) >= 11 is 0. The van der Waals surface area contributed by atoms with Crippen LogP contribution < -0.4 is 9.62 Å². The summed E-state index contributed by atoms with van der Waals surface area (Å²) in [4.78, 5) is 15.8. The maximum atomic E-state index is 12.5. The van der Waals surface area contributed by atoms with Crippen molar-refractivity contribution in [3.05, 3.63) is 54.1 Å². The summed E-state index contributed by atoms with van der Waals surface area (Å²) in [6.07, 6.45) is 2.39.